The molecule has 0 unspecified atom stereocenters. The van der Waals surface area contributed by atoms with Gasteiger partial charge >= 0.3 is 0 Å². The van der Waals surface area contributed by atoms with E-state index >= 15 is 0 Å². The highest BCUT2D eigenvalue weighted by atomic mass is 79.9. The maximum Gasteiger partial charge on any atom is 0.192 e. The van der Waals surface area contributed by atoms with E-state index in [9.17, 15) is 0 Å². The summed E-state index contributed by atoms with van der Waals surface area (Å²) < 4.78 is 12.5. The standard InChI is InChI=1S/C16H35BrO2Si2/c1-15(2,3)20(7,8)18-12-14(11-17)13-19-21(9,10)16(4,5)6/h11H,12-13H2,1-10H3. The quantitative estimate of drug-likeness (QED) is 0.491. The van der Waals surface area contributed by atoms with E-state index in [1.54, 1.807) is 0 Å². The molecule has 0 aromatic rings. The Kier molecular flexibility index (Phi) is 7.63. The summed E-state index contributed by atoms with van der Waals surface area (Å²) in [5.74, 6) is 0. The van der Waals surface area contributed by atoms with Crippen molar-refractivity contribution in [3.05, 3.63) is 10.6 Å². The summed E-state index contributed by atoms with van der Waals surface area (Å²) in [6.45, 7) is 24.1. The fourth-order valence-corrected chi connectivity index (χ4v) is 3.31. The van der Waals surface area contributed by atoms with E-state index in [4.69, 9.17) is 8.85 Å². The summed E-state index contributed by atoms with van der Waals surface area (Å²) in [5.41, 5.74) is 1.18. The van der Waals surface area contributed by atoms with Crippen molar-refractivity contribution in [1.82, 2.24) is 0 Å². The van der Waals surface area contributed by atoms with Gasteiger partial charge in [-0.25, -0.2) is 0 Å². The number of rotatable bonds is 6. The minimum Gasteiger partial charge on any atom is -0.413 e. The molecule has 0 aliphatic carbocycles. The van der Waals surface area contributed by atoms with Crippen molar-refractivity contribution < 1.29 is 8.85 Å². The van der Waals surface area contributed by atoms with Gasteiger partial charge in [0.2, 0.25) is 0 Å². The number of hydrogen-bond donors (Lipinski definition) is 0. The van der Waals surface area contributed by atoms with Gasteiger partial charge in [0.05, 0.1) is 13.2 Å². The fourth-order valence-electron chi connectivity index (χ4n) is 1.08. The molecule has 0 heterocycles. The molecule has 0 aromatic heterocycles. The molecule has 0 bridgehead atoms. The second-order valence-electron chi connectivity index (χ2n) is 8.87. The van der Waals surface area contributed by atoms with Gasteiger partial charge in [-0.2, -0.15) is 0 Å². The molecule has 126 valence electrons. The lowest BCUT2D eigenvalue weighted by Crippen LogP contribution is -2.43. The molecule has 0 spiro atoms. The van der Waals surface area contributed by atoms with Crippen molar-refractivity contribution in [3.8, 4) is 0 Å². The van der Waals surface area contributed by atoms with Crippen LogP contribution in [0, 0.1) is 0 Å². The monoisotopic (exact) mass is 394 g/mol. The molecule has 2 nitrogen and oxygen atoms in total. The van der Waals surface area contributed by atoms with E-state index in [2.05, 4.69) is 83.7 Å². The minimum atomic E-state index is -1.70. The van der Waals surface area contributed by atoms with Crippen LogP contribution in [0.1, 0.15) is 41.5 Å². The summed E-state index contributed by atoms with van der Waals surface area (Å²) in [6.07, 6.45) is 0. The van der Waals surface area contributed by atoms with Gasteiger partial charge in [0.15, 0.2) is 16.6 Å². The zero-order chi connectivity index (χ0) is 17.1. The van der Waals surface area contributed by atoms with Crippen molar-refractivity contribution >= 4 is 32.6 Å². The first-order valence-electron chi connectivity index (χ1n) is 7.70. The molecule has 0 aromatic carbocycles. The number of halogens is 1. The van der Waals surface area contributed by atoms with Gasteiger partial charge in [0.25, 0.3) is 0 Å². The molecule has 0 fully saturated rings. The van der Waals surface area contributed by atoms with E-state index < -0.39 is 16.6 Å². The van der Waals surface area contributed by atoms with Crippen molar-refractivity contribution in [2.24, 2.45) is 0 Å². The molecule has 0 aliphatic heterocycles. The molecule has 0 radical (unpaired) electrons. The van der Waals surface area contributed by atoms with Crippen LogP contribution < -0.4 is 0 Å². The molecule has 0 saturated heterocycles. The fraction of sp³-hybridized carbons (Fsp3) is 0.875. The lowest BCUT2D eigenvalue weighted by molar-refractivity contribution is 0.272. The van der Waals surface area contributed by atoms with Crippen molar-refractivity contribution in [2.75, 3.05) is 13.2 Å². The third-order valence-corrected chi connectivity index (χ3v) is 14.6. The molecule has 0 aliphatic rings. The summed E-state index contributed by atoms with van der Waals surface area (Å²) in [4.78, 5) is 1.97. The van der Waals surface area contributed by atoms with Crippen LogP contribution >= 0.6 is 15.9 Å². The molecule has 0 amide bonds. The SMILES string of the molecule is CC(C)(C)[Si](C)(C)OCC(=CBr)CO[Si](C)(C)C(C)(C)C. The molecule has 0 N–H and O–H groups in total. The first-order valence-corrected chi connectivity index (χ1v) is 14.4. The zero-order valence-electron chi connectivity index (χ0n) is 15.7. The van der Waals surface area contributed by atoms with E-state index in [1.807, 2.05) is 4.99 Å². The van der Waals surface area contributed by atoms with Gasteiger partial charge in [-0.3, -0.25) is 0 Å². The van der Waals surface area contributed by atoms with E-state index in [0.29, 0.717) is 13.2 Å². The van der Waals surface area contributed by atoms with Crippen molar-refractivity contribution in [1.29, 1.82) is 0 Å². The van der Waals surface area contributed by atoms with E-state index in [1.165, 1.54) is 5.57 Å². The Labute approximate surface area is 143 Å². The van der Waals surface area contributed by atoms with Gasteiger partial charge in [0.1, 0.15) is 0 Å². The topological polar surface area (TPSA) is 18.5 Å². The number of hydrogen-bond acceptors (Lipinski definition) is 2. The van der Waals surface area contributed by atoms with Gasteiger partial charge in [-0.1, -0.05) is 57.5 Å². The van der Waals surface area contributed by atoms with Crippen LogP contribution in [0.3, 0.4) is 0 Å². The van der Waals surface area contributed by atoms with Gasteiger partial charge in [-0.15, -0.1) is 0 Å². The first-order chi connectivity index (χ1) is 9.14. The summed E-state index contributed by atoms with van der Waals surface area (Å²) in [6, 6.07) is 0. The third kappa shape index (κ3) is 6.69. The lowest BCUT2D eigenvalue weighted by Gasteiger charge is -2.38. The smallest absolute Gasteiger partial charge is 0.192 e. The first kappa shape index (κ1) is 21.6. The highest BCUT2D eigenvalue weighted by Gasteiger charge is 2.38. The summed E-state index contributed by atoms with van der Waals surface area (Å²) in [7, 11) is -3.40. The minimum absolute atomic E-state index is 0.241. The second-order valence-corrected chi connectivity index (χ2v) is 18.9. The van der Waals surface area contributed by atoms with Crippen molar-refractivity contribution in [2.45, 2.75) is 77.8 Å². The Bertz CT molecular complexity index is 331. The lowest BCUT2D eigenvalue weighted by atomic mass is 10.2. The normalized spacial score (nSPS) is 14.2. The van der Waals surface area contributed by atoms with Crippen LogP contribution in [0.4, 0.5) is 0 Å². The molecule has 0 saturated carbocycles. The maximum atomic E-state index is 6.27. The third-order valence-electron chi connectivity index (χ3n) is 5.00. The van der Waals surface area contributed by atoms with E-state index in [-0.39, 0.29) is 10.1 Å². The predicted octanol–water partition coefficient (Wildman–Crippen LogP) is 6.31. The Morgan fingerprint density at radius 2 is 1.10 bits per heavy atom. The molecule has 21 heavy (non-hydrogen) atoms. The average molecular weight is 396 g/mol. The largest absolute Gasteiger partial charge is 0.413 e. The molecule has 0 atom stereocenters. The van der Waals surface area contributed by atoms with Crippen LogP contribution in [-0.2, 0) is 8.85 Å². The highest BCUT2D eigenvalue weighted by molar-refractivity contribution is 9.11. The van der Waals surface area contributed by atoms with Gasteiger partial charge < -0.3 is 8.85 Å². The van der Waals surface area contributed by atoms with Crippen LogP contribution in [0.15, 0.2) is 10.6 Å². The molecule has 0 rings (SSSR count). The zero-order valence-corrected chi connectivity index (χ0v) is 19.3. The molecular formula is C16H35BrO2Si2. The second kappa shape index (κ2) is 7.43. The Morgan fingerprint density at radius 1 is 0.810 bits per heavy atom. The van der Waals surface area contributed by atoms with Crippen LogP contribution in [0.2, 0.25) is 36.3 Å². The van der Waals surface area contributed by atoms with Crippen LogP contribution in [0.25, 0.3) is 0 Å². The maximum absolute atomic E-state index is 6.27. The predicted molar refractivity (Wildman–Crippen MR) is 103 cm³/mol. The Morgan fingerprint density at radius 3 is 1.29 bits per heavy atom. The van der Waals surface area contributed by atoms with E-state index in [0.717, 1.165) is 0 Å². The van der Waals surface area contributed by atoms with Gasteiger partial charge in [0, 0.05) is 0 Å². The Balaban J connectivity index is 4.59. The molecular weight excluding hydrogens is 360 g/mol. The average Bonchev–Trinajstić information content (AvgIpc) is 2.26. The van der Waals surface area contributed by atoms with Crippen molar-refractivity contribution in [3.63, 3.8) is 0 Å². The van der Waals surface area contributed by atoms with Gasteiger partial charge in [-0.05, 0) is 46.8 Å². The summed E-state index contributed by atoms with van der Waals surface area (Å²) in [5, 5.41) is 0.482. The molecule has 5 heteroatoms. The summed E-state index contributed by atoms with van der Waals surface area (Å²) >= 11 is 3.46. The Hall–Kier alpha value is 0.574. The van der Waals surface area contributed by atoms with Crippen LogP contribution in [0.5, 0.6) is 0 Å². The van der Waals surface area contributed by atoms with Crippen LogP contribution in [-0.4, -0.2) is 29.8 Å². The highest BCUT2D eigenvalue weighted by Crippen LogP contribution is 2.38.